The minimum Gasteiger partial charge on any atom is -0.480 e. The molecular formula is C20H17ClN4O5. The molecule has 1 N–H and O–H groups in total. The van der Waals surface area contributed by atoms with E-state index in [-0.39, 0.29) is 5.57 Å². The van der Waals surface area contributed by atoms with Gasteiger partial charge in [0.15, 0.2) is 11.2 Å². The molecule has 154 valence electrons. The van der Waals surface area contributed by atoms with Gasteiger partial charge in [-0.05, 0) is 18.2 Å². The maximum Gasteiger partial charge on any atom is 0.350 e. The van der Waals surface area contributed by atoms with Crippen LogP contribution in [0.5, 0.6) is 5.88 Å². The Morgan fingerprint density at radius 2 is 1.90 bits per heavy atom. The van der Waals surface area contributed by atoms with Gasteiger partial charge in [0, 0.05) is 31.7 Å². The molecular weight excluding hydrogens is 412 g/mol. The van der Waals surface area contributed by atoms with Crippen molar-refractivity contribution >= 4 is 34.9 Å². The number of rotatable bonds is 4. The molecule has 0 spiro atoms. The third-order valence-electron chi connectivity index (χ3n) is 4.26. The Hall–Kier alpha value is -3.59. The summed E-state index contributed by atoms with van der Waals surface area (Å²) in [5.41, 5.74) is 2.25. The summed E-state index contributed by atoms with van der Waals surface area (Å²) in [5.74, 6) is -2.40. The lowest BCUT2D eigenvalue weighted by Gasteiger charge is -2.29. The summed E-state index contributed by atoms with van der Waals surface area (Å²) >= 11 is 6.26. The number of carbonyl (C=O) groups is 2. The van der Waals surface area contributed by atoms with Crippen LogP contribution in [0.1, 0.15) is 13.8 Å². The van der Waals surface area contributed by atoms with Crippen LogP contribution in [0.15, 0.2) is 48.3 Å². The Morgan fingerprint density at radius 3 is 2.60 bits per heavy atom. The highest BCUT2D eigenvalue weighted by molar-refractivity contribution is 6.33. The third kappa shape index (κ3) is 3.79. The van der Waals surface area contributed by atoms with E-state index in [0.717, 1.165) is 5.56 Å². The van der Waals surface area contributed by atoms with Crippen molar-refractivity contribution in [1.82, 2.24) is 14.6 Å². The van der Waals surface area contributed by atoms with E-state index in [1.807, 2.05) is 0 Å². The maximum atomic E-state index is 12.1. The highest BCUT2D eigenvalue weighted by Gasteiger charge is 2.38. The van der Waals surface area contributed by atoms with Gasteiger partial charge in [-0.3, -0.25) is 0 Å². The molecule has 1 saturated heterocycles. The van der Waals surface area contributed by atoms with E-state index >= 15 is 0 Å². The number of methoxy groups -OCH3 is 1. The molecule has 3 heterocycles. The van der Waals surface area contributed by atoms with Gasteiger partial charge in [0.25, 0.3) is 5.79 Å². The fraction of sp³-hybridized carbons (Fsp3) is 0.200. The SMILES string of the molecule is COc1ccc2nc(-c3ccc(Cl)c(NC=C4C(=O)OC(C)(C)OC4=O)c3)cn2n1. The van der Waals surface area contributed by atoms with E-state index in [0.29, 0.717) is 27.9 Å². The van der Waals surface area contributed by atoms with Gasteiger partial charge in [0.1, 0.15) is 0 Å². The molecule has 0 atom stereocenters. The van der Waals surface area contributed by atoms with E-state index < -0.39 is 17.7 Å². The summed E-state index contributed by atoms with van der Waals surface area (Å²) in [5, 5.41) is 7.54. The fourth-order valence-corrected chi connectivity index (χ4v) is 3.01. The predicted octanol–water partition coefficient (Wildman–Crippen LogP) is 3.19. The molecule has 0 aliphatic carbocycles. The van der Waals surface area contributed by atoms with Gasteiger partial charge in [0.2, 0.25) is 5.88 Å². The number of cyclic esters (lactones) is 2. The number of fused-ring (bicyclic) bond motifs is 1. The van der Waals surface area contributed by atoms with Crippen molar-refractivity contribution in [3.05, 3.63) is 53.3 Å². The molecule has 1 aromatic carbocycles. The van der Waals surface area contributed by atoms with E-state index in [1.54, 1.807) is 41.0 Å². The zero-order valence-electron chi connectivity index (χ0n) is 16.3. The Morgan fingerprint density at radius 1 is 1.17 bits per heavy atom. The van der Waals surface area contributed by atoms with Crippen LogP contribution in [0.4, 0.5) is 5.69 Å². The van der Waals surface area contributed by atoms with Gasteiger partial charge in [-0.1, -0.05) is 17.7 Å². The second-order valence-electron chi connectivity index (χ2n) is 6.88. The first kappa shape index (κ1) is 19.7. The first-order valence-corrected chi connectivity index (χ1v) is 9.27. The summed E-state index contributed by atoms with van der Waals surface area (Å²) < 4.78 is 16.9. The quantitative estimate of drug-likeness (QED) is 0.384. The van der Waals surface area contributed by atoms with Crippen LogP contribution in [0, 0.1) is 0 Å². The lowest BCUT2D eigenvalue weighted by atomic mass is 10.1. The van der Waals surface area contributed by atoms with Crippen molar-refractivity contribution in [2.45, 2.75) is 19.6 Å². The monoisotopic (exact) mass is 428 g/mol. The number of benzene rings is 1. The van der Waals surface area contributed by atoms with Gasteiger partial charge in [0.05, 0.1) is 29.7 Å². The van der Waals surface area contributed by atoms with Gasteiger partial charge >= 0.3 is 11.9 Å². The Labute approximate surface area is 176 Å². The van der Waals surface area contributed by atoms with Crippen LogP contribution in [-0.4, -0.2) is 39.4 Å². The molecule has 1 aliphatic heterocycles. The fourth-order valence-electron chi connectivity index (χ4n) is 2.84. The van der Waals surface area contributed by atoms with E-state index in [9.17, 15) is 9.59 Å². The van der Waals surface area contributed by atoms with Crippen LogP contribution in [0.3, 0.4) is 0 Å². The molecule has 4 rings (SSSR count). The molecule has 0 saturated carbocycles. The molecule has 1 aliphatic rings. The lowest BCUT2D eigenvalue weighted by Crippen LogP contribution is -2.42. The Bertz CT molecular complexity index is 1180. The highest BCUT2D eigenvalue weighted by Crippen LogP contribution is 2.30. The second kappa shape index (κ2) is 7.34. The van der Waals surface area contributed by atoms with Gasteiger partial charge < -0.3 is 19.5 Å². The number of imidazole rings is 1. The van der Waals surface area contributed by atoms with E-state index in [2.05, 4.69) is 15.4 Å². The minimum absolute atomic E-state index is 0.264. The summed E-state index contributed by atoms with van der Waals surface area (Å²) in [7, 11) is 1.54. The van der Waals surface area contributed by atoms with Crippen LogP contribution >= 0.6 is 11.6 Å². The largest absolute Gasteiger partial charge is 0.480 e. The normalized spacial score (nSPS) is 15.5. The summed E-state index contributed by atoms with van der Waals surface area (Å²) in [4.78, 5) is 28.7. The number of nitrogens with one attached hydrogen (secondary N) is 1. The Kier molecular flexibility index (Phi) is 4.83. The number of halogens is 1. The topological polar surface area (TPSA) is 104 Å². The molecule has 0 bridgehead atoms. The zero-order chi connectivity index (χ0) is 21.5. The van der Waals surface area contributed by atoms with Gasteiger partial charge in [-0.25, -0.2) is 19.1 Å². The predicted molar refractivity (Wildman–Crippen MR) is 108 cm³/mol. The van der Waals surface area contributed by atoms with Crippen LogP contribution < -0.4 is 10.1 Å². The van der Waals surface area contributed by atoms with E-state index in [4.69, 9.17) is 25.8 Å². The van der Waals surface area contributed by atoms with Crippen LogP contribution in [-0.2, 0) is 19.1 Å². The highest BCUT2D eigenvalue weighted by atomic mass is 35.5. The summed E-state index contributed by atoms with van der Waals surface area (Å²) in [6.07, 6.45) is 2.96. The molecule has 9 nitrogen and oxygen atoms in total. The van der Waals surface area contributed by atoms with Crippen molar-refractivity contribution in [3.63, 3.8) is 0 Å². The van der Waals surface area contributed by atoms with Crippen molar-refractivity contribution in [3.8, 4) is 17.1 Å². The average Bonchev–Trinajstić information content (AvgIpc) is 3.10. The molecule has 1 fully saturated rings. The number of hydrogen-bond acceptors (Lipinski definition) is 8. The summed E-state index contributed by atoms with van der Waals surface area (Å²) in [6.45, 7) is 2.96. The van der Waals surface area contributed by atoms with E-state index in [1.165, 1.54) is 27.2 Å². The molecule has 0 amide bonds. The maximum absolute atomic E-state index is 12.1. The first-order chi connectivity index (χ1) is 14.3. The zero-order valence-corrected chi connectivity index (χ0v) is 17.1. The number of esters is 2. The second-order valence-corrected chi connectivity index (χ2v) is 7.29. The molecule has 10 heteroatoms. The minimum atomic E-state index is -1.30. The third-order valence-corrected chi connectivity index (χ3v) is 4.59. The van der Waals surface area contributed by atoms with Crippen molar-refractivity contribution in [1.29, 1.82) is 0 Å². The number of nitrogens with zero attached hydrogens (tertiary/aromatic N) is 3. The lowest BCUT2D eigenvalue weighted by molar-refractivity contribution is -0.222. The number of hydrogen-bond donors (Lipinski definition) is 1. The number of anilines is 1. The van der Waals surface area contributed by atoms with Gasteiger partial charge in [-0.2, -0.15) is 0 Å². The molecule has 2 aromatic heterocycles. The first-order valence-electron chi connectivity index (χ1n) is 8.89. The Balaban J connectivity index is 1.63. The number of aromatic nitrogens is 3. The molecule has 0 unspecified atom stereocenters. The summed E-state index contributed by atoms with van der Waals surface area (Å²) in [6, 6.07) is 8.72. The molecule has 3 aromatic rings. The van der Waals surface area contributed by atoms with Crippen molar-refractivity contribution in [2.75, 3.05) is 12.4 Å². The molecule has 30 heavy (non-hydrogen) atoms. The van der Waals surface area contributed by atoms with Crippen LogP contribution in [0.25, 0.3) is 16.9 Å². The van der Waals surface area contributed by atoms with Crippen molar-refractivity contribution < 1.29 is 23.8 Å². The van der Waals surface area contributed by atoms with Gasteiger partial charge in [-0.15, -0.1) is 5.10 Å². The number of carbonyl (C=O) groups excluding carboxylic acids is 2. The molecule has 0 radical (unpaired) electrons. The smallest absolute Gasteiger partial charge is 0.350 e. The van der Waals surface area contributed by atoms with Crippen molar-refractivity contribution in [2.24, 2.45) is 0 Å². The number of ether oxygens (including phenoxy) is 3. The standard InChI is InChI=1S/C20H17ClN4O5/c1-20(2)29-18(26)12(19(27)30-20)9-22-14-8-11(4-5-13(14)21)15-10-25-16(23-15)6-7-17(24-25)28-3/h4-10,22H,1-3H3. The van der Waals surface area contributed by atoms with Crippen LogP contribution in [0.2, 0.25) is 5.02 Å². The average molecular weight is 429 g/mol.